The molecular weight excluding hydrogens is 442 g/mol. The molecule has 0 aliphatic carbocycles. The van der Waals surface area contributed by atoms with Gasteiger partial charge in [-0.05, 0) is 46.3 Å². The number of thiazole rings is 1. The molecule has 1 amide bonds. The molecular formula is C16H11Br2N3OS. The van der Waals surface area contributed by atoms with E-state index in [4.69, 9.17) is 0 Å². The van der Waals surface area contributed by atoms with Gasteiger partial charge in [0, 0.05) is 20.5 Å². The van der Waals surface area contributed by atoms with Crippen molar-refractivity contribution in [2.24, 2.45) is 0 Å². The highest BCUT2D eigenvalue weighted by Gasteiger charge is 2.11. The van der Waals surface area contributed by atoms with Gasteiger partial charge in [0.25, 0.3) is 0 Å². The van der Waals surface area contributed by atoms with Gasteiger partial charge in [-0.2, -0.15) is 0 Å². The number of nitrogens with zero attached hydrogens (tertiary/aromatic N) is 2. The Labute approximate surface area is 154 Å². The third-order valence-electron chi connectivity index (χ3n) is 2.98. The van der Waals surface area contributed by atoms with Gasteiger partial charge in [0.05, 0.1) is 23.5 Å². The van der Waals surface area contributed by atoms with Crippen LogP contribution in [0.2, 0.25) is 0 Å². The molecule has 0 atom stereocenters. The lowest BCUT2D eigenvalue weighted by atomic mass is 10.3. The van der Waals surface area contributed by atoms with Gasteiger partial charge in [0.1, 0.15) is 5.01 Å². The number of benzene rings is 1. The molecule has 0 aliphatic heterocycles. The number of hydrogen-bond acceptors (Lipinski definition) is 4. The van der Waals surface area contributed by atoms with Crippen molar-refractivity contribution in [2.45, 2.75) is 6.42 Å². The van der Waals surface area contributed by atoms with Crippen LogP contribution in [0.15, 0.2) is 56.9 Å². The Morgan fingerprint density at radius 2 is 2.09 bits per heavy atom. The number of amides is 1. The van der Waals surface area contributed by atoms with E-state index in [9.17, 15) is 4.79 Å². The summed E-state index contributed by atoms with van der Waals surface area (Å²) >= 11 is 8.30. The SMILES string of the molecule is O=C(Cc1csc(-c2ccccn2)n1)Nc1ccc(Br)cc1Br. The molecule has 0 saturated heterocycles. The number of nitrogens with one attached hydrogen (secondary N) is 1. The van der Waals surface area contributed by atoms with Crippen LogP contribution in [0, 0.1) is 0 Å². The number of rotatable bonds is 4. The van der Waals surface area contributed by atoms with Crippen molar-refractivity contribution in [3.8, 4) is 10.7 Å². The van der Waals surface area contributed by atoms with Gasteiger partial charge >= 0.3 is 0 Å². The van der Waals surface area contributed by atoms with Gasteiger partial charge in [0.15, 0.2) is 0 Å². The number of carbonyl (C=O) groups excluding carboxylic acids is 1. The summed E-state index contributed by atoms with van der Waals surface area (Å²) in [5.74, 6) is -0.106. The van der Waals surface area contributed by atoms with E-state index in [2.05, 4.69) is 47.1 Å². The Hall–Kier alpha value is -1.57. The molecule has 0 radical (unpaired) electrons. The van der Waals surface area contributed by atoms with E-state index in [1.165, 1.54) is 11.3 Å². The predicted octanol–water partition coefficient (Wildman–Crippen LogP) is 4.91. The topological polar surface area (TPSA) is 54.9 Å². The molecule has 4 nitrogen and oxygen atoms in total. The summed E-state index contributed by atoms with van der Waals surface area (Å²) in [6.07, 6.45) is 1.96. The number of anilines is 1. The smallest absolute Gasteiger partial charge is 0.230 e. The molecule has 0 saturated carbocycles. The normalized spacial score (nSPS) is 10.5. The van der Waals surface area contributed by atoms with Crippen LogP contribution < -0.4 is 5.32 Å². The van der Waals surface area contributed by atoms with Crippen LogP contribution >= 0.6 is 43.2 Å². The quantitative estimate of drug-likeness (QED) is 0.611. The molecule has 1 aromatic carbocycles. The molecule has 2 heterocycles. The lowest BCUT2D eigenvalue weighted by Crippen LogP contribution is -2.14. The average Bonchev–Trinajstić information content (AvgIpc) is 2.99. The second-order valence-corrected chi connectivity index (χ2v) is 7.34. The summed E-state index contributed by atoms with van der Waals surface area (Å²) in [5.41, 5.74) is 2.29. The summed E-state index contributed by atoms with van der Waals surface area (Å²) in [7, 11) is 0. The Morgan fingerprint density at radius 1 is 1.22 bits per heavy atom. The van der Waals surface area contributed by atoms with Crippen LogP contribution in [-0.2, 0) is 11.2 Å². The van der Waals surface area contributed by atoms with Crippen LogP contribution in [0.1, 0.15) is 5.69 Å². The first-order chi connectivity index (χ1) is 11.1. The van der Waals surface area contributed by atoms with Crippen molar-refractivity contribution < 1.29 is 4.79 Å². The van der Waals surface area contributed by atoms with Crippen molar-refractivity contribution in [3.63, 3.8) is 0 Å². The van der Waals surface area contributed by atoms with E-state index in [1.54, 1.807) is 6.20 Å². The summed E-state index contributed by atoms with van der Waals surface area (Å²) < 4.78 is 1.77. The molecule has 116 valence electrons. The zero-order valence-electron chi connectivity index (χ0n) is 11.8. The monoisotopic (exact) mass is 451 g/mol. The molecule has 23 heavy (non-hydrogen) atoms. The Kier molecular flexibility index (Phi) is 5.20. The first kappa shape index (κ1) is 16.3. The predicted molar refractivity (Wildman–Crippen MR) is 99.5 cm³/mol. The third kappa shape index (κ3) is 4.25. The molecule has 0 unspecified atom stereocenters. The van der Waals surface area contributed by atoms with Gasteiger partial charge in [-0.1, -0.05) is 22.0 Å². The Bertz CT molecular complexity index is 836. The van der Waals surface area contributed by atoms with Crippen molar-refractivity contribution in [2.75, 3.05) is 5.32 Å². The lowest BCUT2D eigenvalue weighted by Gasteiger charge is -2.06. The summed E-state index contributed by atoms with van der Waals surface area (Å²) in [6.45, 7) is 0. The number of halogens is 2. The molecule has 0 aliphatic rings. The number of hydrogen-bond donors (Lipinski definition) is 1. The van der Waals surface area contributed by atoms with Crippen LogP contribution in [-0.4, -0.2) is 15.9 Å². The molecule has 7 heteroatoms. The van der Waals surface area contributed by atoms with Gasteiger partial charge in [0.2, 0.25) is 5.91 Å². The maximum atomic E-state index is 12.2. The van der Waals surface area contributed by atoms with Crippen LogP contribution in [0.5, 0.6) is 0 Å². The molecule has 0 spiro atoms. The van der Waals surface area contributed by atoms with E-state index in [-0.39, 0.29) is 12.3 Å². The zero-order chi connectivity index (χ0) is 16.2. The van der Waals surface area contributed by atoms with Crippen LogP contribution in [0.25, 0.3) is 10.7 Å². The highest BCUT2D eigenvalue weighted by Crippen LogP contribution is 2.26. The van der Waals surface area contributed by atoms with Gasteiger partial charge in [-0.15, -0.1) is 11.3 Å². The minimum atomic E-state index is -0.106. The van der Waals surface area contributed by atoms with Crippen molar-refractivity contribution in [3.05, 3.63) is 62.6 Å². The number of aromatic nitrogens is 2. The highest BCUT2D eigenvalue weighted by molar-refractivity contribution is 9.11. The molecule has 0 bridgehead atoms. The summed E-state index contributed by atoms with van der Waals surface area (Å²) in [4.78, 5) is 20.9. The standard InChI is InChI=1S/C16H11Br2N3OS/c17-10-4-5-13(12(18)7-10)21-15(22)8-11-9-23-16(20-11)14-3-1-2-6-19-14/h1-7,9H,8H2,(H,21,22). The van der Waals surface area contributed by atoms with Crippen LogP contribution in [0.3, 0.4) is 0 Å². The number of pyridine rings is 1. The van der Waals surface area contributed by atoms with Crippen molar-refractivity contribution >= 4 is 54.8 Å². The Balaban J connectivity index is 1.68. The third-order valence-corrected chi connectivity index (χ3v) is 5.05. The molecule has 0 fully saturated rings. The Morgan fingerprint density at radius 3 is 2.83 bits per heavy atom. The van der Waals surface area contributed by atoms with Crippen LogP contribution in [0.4, 0.5) is 5.69 Å². The first-order valence-corrected chi connectivity index (χ1v) is 9.19. The van der Waals surface area contributed by atoms with Gasteiger partial charge < -0.3 is 5.32 Å². The largest absolute Gasteiger partial charge is 0.325 e. The lowest BCUT2D eigenvalue weighted by molar-refractivity contribution is -0.115. The minimum Gasteiger partial charge on any atom is -0.325 e. The molecule has 3 rings (SSSR count). The zero-order valence-corrected chi connectivity index (χ0v) is 15.8. The molecule has 2 aromatic heterocycles. The molecule has 1 N–H and O–H groups in total. The maximum Gasteiger partial charge on any atom is 0.230 e. The van der Waals surface area contributed by atoms with E-state index < -0.39 is 0 Å². The van der Waals surface area contributed by atoms with E-state index in [0.29, 0.717) is 0 Å². The number of carbonyl (C=O) groups is 1. The maximum absolute atomic E-state index is 12.2. The second kappa shape index (κ2) is 7.33. The van der Waals surface area contributed by atoms with E-state index in [1.807, 2.05) is 41.8 Å². The summed E-state index contributed by atoms with van der Waals surface area (Å²) in [5, 5.41) is 5.58. The fourth-order valence-electron chi connectivity index (χ4n) is 1.94. The van der Waals surface area contributed by atoms with Gasteiger partial charge in [-0.25, -0.2) is 4.98 Å². The van der Waals surface area contributed by atoms with Crippen molar-refractivity contribution in [1.29, 1.82) is 0 Å². The second-order valence-electron chi connectivity index (χ2n) is 4.71. The van der Waals surface area contributed by atoms with Gasteiger partial charge in [-0.3, -0.25) is 9.78 Å². The summed E-state index contributed by atoms with van der Waals surface area (Å²) in [6, 6.07) is 11.3. The molecule has 3 aromatic rings. The van der Waals surface area contributed by atoms with E-state index >= 15 is 0 Å². The fourth-order valence-corrected chi connectivity index (χ4v) is 3.89. The highest BCUT2D eigenvalue weighted by atomic mass is 79.9. The van der Waals surface area contributed by atoms with Crippen molar-refractivity contribution in [1.82, 2.24) is 9.97 Å². The fraction of sp³-hybridized carbons (Fsp3) is 0.0625. The van der Waals surface area contributed by atoms with E-state index in [0.717, 1.165) is 31.0 Å². The first-order valence-electron chi connectivity index (χ1n) is 6.72. The average molecular weight is 453 g/mol. The minimum absolute atomic E-state index is 0.106.